The molecule has 0 saturated carbocycles. The Balaban J connectivity index is 1.61. The van der Waals surface area contributed by atoms with Gasteiger partial charge in [-0.05, 0) is 45.0 Å². The third kappa shape index (κ3) is 5.02. The van der Waals surface area contributed by atoms with Crippen molar-refractivity contribution in [2.45, 2.75) is 33.6 Å². The van der Waals surface area contributed by atoms with E-state index in [1.807, 2.05) is 26.0 Å². The number of anilines is 1. The molecule has 1 aromatic carbocycles. The predicted molar refractivity (Wildman–Crippen MR) is 117 cm³/mol. The molecule has 1 aliphatic heterocycles. The van der Waals surface area contributed by atoms with Crippen molar-refractivity contribution in [2.75, 3.05) is 51.3 Å². The molecule has 1 saturated heterocycles. The summed E-state index contributed by atoms with van der Waals surface area (Å²) in [5.74, 6) is 3.04. The van der Waals surface area contributed by atoms with Crippen molar-refractivity contribution in [3.8, 4) is 5.75 Å². The van der Waals surface area contributed by atoms with Gasteiger partial charge in [0.2, 0.25) is 0 Å². The summed E-state index contributed by atoms with van der Waals surface area (Å²) >= 11 is 0. The van der Waals surface area contributed by atoms with Gasteiger partial charge in [0.05, 0.1) is 12.8 Å². The number of piperazine rings is 1. The minimum absolute atomic E-state index is 0.274. The molecule has 0 amide bonds. The van der Waals surface area contributed by atoms with Gasteiger partial charge in [-0.3, -0.25) is 4.99 Å². The number of aromatic nitrogens is 1. The van der Waals surface area contributed by atoms with Crippen molar-refractivity contribution >= 4 is 11.6 Å². The normalized spacial score (nSPS) is 16.1. The van der Waals surface area contributed by atoms with E-state index in [0.717, 1.165) is 55.9 Å². The van der Waals surface area contributed by atoms with Crippen LogP contribution in [0.4, 0.5) is 5.69 Å². The van der Waals surface area contributed by atoms with Crippen LogP contribution >= 0.6 is 0 Å². The SMILES string of the molecule is CCNC(=NCC(C)c1c(C)noc1C)N1CCN(c2ccc(OC)cc2)CC1. The molecule has 7 heteroatoms. The number of hydrogen-bond donors (Lipinski definition) is 1. The quantitative estimate of drug-likeness (QED) is 0.594. The summed E-state index contributed by atoms with van der Waals surface area (Å²) in [6, 6.07) is 8.28. The average molecular weight is 400 g/mol. The summed E-state index contributed by atoms with van der Waals surface area (Å²) in [5.41, 5.74) is 3.37. The molecule has 0 aliphatic carbocycles. The van der Waals surface area contributed by atoms with Crippen molar-refractivity contribution in [3.05, 3.63) is 41.3 Å². The highest BCUT2D eigenvalue weighted by molar-refractivity contribution is 5.80. The van der Waals surface area contributed by atoms with Crippen LogP contribution < -0.4 is 15.0 Å². The Labute approximate surface area is 173 Å². The van der Waals surface area contributed by atoms with Gasteiger partial charge in [0.1, 0.15) is 11.5 Å². The maximum absolute atomic E-state index is 5.32. The van der Waals surface area contributed by atoms with Gasteiger partial charge >= 0.3 is 0 Å². The molecule has 1 aromatic heterocycles. The molecule has 1 aliphatic rings. The first-order valence-corrected chi connectivity index (χ1v) is 10.4. The van der Waals surface area contributed by atoms with Gasteiger partial charge in [0.15, 0.2) is 5.96 Å². The van der Waals surface area contributed by atoms with E-state index in [-0.39, 0.29) is 5.92 Å². The van der Waals surface area contributed by atoms with Gasteiger partial charge in [0.25, 0.3) is 0 Å². The second-order valence-electron chi connectivity index (χ2n) is 7.51. The summed E-state index contributed by atoms with van der Waals surface area (Å²) in [6.07, 6.45) is 0. The van der Waals surface area contributed by atoms with Crippen molar-refractivity contribution in [3.63, 3.8) is 0 Å². The highest BCUT2D eigenvalue weighted by atomic mass is 16.5. The number of guanidine groups is 1. The third-order valence-corrected chi connectivity index (χ3v) is 5.45. The van der Waals surface area contributed by atoms with E-state index >= 15 is 0 Å². The number of aryl methyl sites for hydroxylation is 2. The molecule has 2 heterocycles. The van der Waals surface area contributed by atoms with Crippen molar-refractivity contribution < 1.29 is 9.26 Å². The zero-order valence-electron chi connectivity index (χ0n) is 18.2. The van der Waals surface area contributed by atoms with Gasteiger partial charge in [-0.25, -0.2) is 0 Å². The molecular formula is C22H33N5O2. The number of ether oxygens (including phenoxy) is 1. The first-order valence-electron chi connectivity index (χ1n) is 10.4. The summed E-state index contributed by atoms with van der Waals surface area (Å²) in [5, 5.41) is 7.53. The number of rotatable bonds is 6. The molecule has 29 heavy (non-hydrogen) atoms. The van der Waals surface area contributed by atoms with Crippen LogP contribution in [-0.2, 0) is 0 Å². The molecule has 0 spiro atoms. The Morgan fingerprint density at radius 1 is 1.21 bits per heavy atom. The fourth-order valence-electron chi connectivity index (χ4n) is 3.90. The Morgan fingerprint density at radius 2 is 1.90 bits per heavy atom. The maximum Gasteiger partial charge on any atom is 0.194 e. The van der Waals surface area contributed by atoms with Gasteiger partial charge in [-0.15, -0.1) is 0 Å². The molecule has 2 aromatic rings. The summed E-state index contributed by atoms with van der Waals surface area (Å²) in [6.45, 7) is 13.7. The molecule has 1 fully saturated rings. The van der Waals surface area contributed by atoms with E-state index in [9.17, 15) is 0 Å². The zero-order chi connectivity index (χ0) is 20.8. The van der Waals surface area contributed by atoms with Crippen LogP contribution in [-0.4, -0.2) is 62.4 Å². The minimum atomic E-state index is 0.274. The molecule has 7 nitrogen and oxygen atoms in total. The van der Waals surface area contributed by atoms with E-state index in [4.69, 9.17) is 14.3 Å². The van der Waals surface area contributed by atoms with Crippen molar-refractivity contribution in [1.82, 2.24) is 15.4 Å². The fraction of sp³-hybridized carbons (Fsp3) is 0.545. The van der Waals surface area contributed by atoms with Gasteiger partial charge in [0, 0.05) is 56.4 Å². The lowest BCUT2D eigenvalue weighted by atomic mass is 10.00. The van der Waals surface area contributed by atoms with Crippen LogP contribution in [0.25, 0.3) is 0 Å². The Kier molecular flexibility index (Phi) is 7.01. The van der Waals surface area contributed by atoms with E-state index in [1.165, 1.54) is 11.3 Å². The lowest BCUT2D eigenvalue weighted by Crippen LogP contribution is -2.52. The summed E-state index contributed by atoms with van der Waals surface area (Å²) in [4.78, 5) is 9.68. The lowest BCUT2D eigenvalue weighted by molar-refractivity contribution is 0.372. The van der Waals surface area contributed by atoms with Crippen LogP contribution in [0, 0.1) is 13.8 Å². The molecule has 3 rings (SSSR count). The fourth-order valence-corrected chi connectivity index (χ4v) is 3.90. The maximum atomic E-state index is 5.32. The van der Waals surface area contributed by atoms with Crippen LogP contribution in [0.5, 0.6) is 5.75 Å². The second-order valence-corrected chi connectivity index (χ2v) is 7.51. The Morgan fingerprint density at radius 3 is 2.45 bits per heavy atom. The lowest BCUT2D eigenvalue weighted by Gasteiger charge is -2.37. The number of benzene rings is 1. The van der Waals surface area contributed by atoms with Gasteiger partial charge in [-0.2, -0.15) is 0 Å². The minimum Gasteiger partial charge on any atom is -0.497 e. The number of nitrogens with zero attached hydrogens (tertiary/aromatic N) is 4. The summed E-state index contributed by atoms with van der Waals surface area (Å²) < 4.78 is 10.6. The molecule has 1 unspecified atom stereocenters. The topological polar surface area (TPSA) is 66.1 Å². The van der Waals surface area contributed by atoms with Crippen LogP contribution in [0.1, 0.15) is 36.8 Å². The average Bonchev–Trinajstić information content (AvgIpc) is 3.09. The first kappa shape index (κ1) is 21.0. The van der Waals surface area contributed by atoms with Crippen LogP contribution in [0.3, 0.4) is 0 Å². The van der Waals surface area contributed by atoms with E-state index in [2.05, 4.69) is 46.3 Å². The van der Waals surface area contributed by atoms with Crippen LogP contribution in [0.15, 0.2) is 33.8 Å². The van der Waals surface area contributed by atoms with E-state index in [1.54, 1.807) is 7.11 Å². The van der Waals surface area contributed by atoms with Gasteiger partial charge in [-0.1, -0.05) is 12.1 Å². The molecular weight excluding hydrogens is 366 g/mol. The monoisotopic (exact) mass is 399 g/mol. The Bertz CT molecular complexity index is 788. The second kappa shape index (κ2) is 9.67. The number of methoxy groups -OCH3 is 1. The van der Waals surface area contributed by atoms with E-state index < -0.39 is 0 Å². The summed E-state index contributed by atoms with van der Waals surface area (Å²) in [7, 11) is 1.70. The number of nitrogens with one attached hydrogen (secondary N) is 1. The molecule has 1 atom stereocenters. The Hall–Kier alpha value is -2.70. The molecule has 0 bridgehead atoms. The van der Waals surface area contributed by atoms with Crippen molar-refractivity contribution in [1.29, 1.82) is 0 Å². The zero-order valence-corrected chi connectivity index (χ0v) is 18.2. The smallest absolute Gasteiger partial charge is 0.194 e. The first-order chi connectivity index (χ1) is 14.0. The molecule has 0 radical (unpaired) electrons. The van der Waals surface area contributed by atoms with Crippen molar-refractivity contribution in [2.24, 2.45) is 4.99 Å². The molecule has 158 valence electrons. The van der Waals surface area contributed by atoms with E-state index in [0.29, 0.717) is 6.54 Å². The number of hydrogen-bond acceptors (Lipinski definition) is 5. The third-order valence-electron chi connectivity index (χ3n) is 5.45. The standard InChI is InChI=1S/C22H33N5O2/c1-6-23-22(24-15-16(2)21-17(3)25-29-18(21)4)27-13-11-26(12-14-27)19-7-9-20(28-5)10-8-19/h7-10,16H,6,11-15H2,1-5H3,(H,23,24). The van der Waals surface area contributed by atoms with Crippen LogP contribution in [0.2, 0.25) is 0 Å². The number of aliphatic imine (C=N–C) groups is 1. The highest BCUT2D eigenvalue weighted by Gasteiger charge is 2.21. The largest absolute Gasteiger partial charge is 0.497 e. The van der Waals surface area contributed by atoms with Gasteiger partial charge < -0.3 is 24.4 Å². The predicted octanol–water partition coefficient (Wildman–Crippen LogP) is 3.19. The highest BCUT2D eigenvalue weighted by Crippen LogP contribution is 2.24. The molecule has 1 N–H and O–H groups in total.